The van der Waals surface area contributed by atoms with Gasteiger partial charge in [-0.3, -0.25) is 0 Å². The number of nitrogens with one attached hydrogen (secondary N) is 2. The Morgan fingerprint density at radius 2 is 1.95 bits per heavy atom. The van der Waals surface area contributed by atoms with Gasteiger partial charge in [-0.2, -0.15) is 0 Å². The lowest BCUT2D eigenvalue weighted by Crippen LogP contribution is -2.38. The van der Waals surface area contributed by atoms with Gasteiger partial charge in [0.15, 0.2) is 11.5 Å². The molecule has 1 heterocycles. The number of urea groups is 1. The van der Waals surface area contributed by atoms with Gasteiger partial charge in [0.2, 0.25) is 0 Å². The molecular formula is C15H22N2O3. The van der Waals surface area contributed by atoms with Crippen LogP contribution in [-0.2, 0) is 6.42 Å². The molecule has 0 fully saturated rings. The number of hydrogen-bond donors (Lipinski definition) is 2. The number of rotatable bonds is 5. The minimum absolute atomic E-state index is 0.115. The van der Waals surface area contributed by atoms with Crippen molar-refractivity contribution in [3.8, 4) is 11.5 Å². The first-order chi connectivity index (χ1) is 9.65. The van der Waals surface area contributed by atoms with Crippen LogP contribution < -0.4 is 20.1 Å². The Labute approximate surface area is 119 Å². The number of carbonyl (C=O) groups excluding carboxylic acids is 1. The van der Waals surface area contributed by atoms with Gasteiger partial charge >= 0.3 is 6.03 Å². The highest BCUT2D eigenvalue weighted by atomic mass is 16.6. The molecule has 2 rings (SSSR count). The number of hydrogen-bond acceptors (Lipinski definition) is 3. The molecule has 1 aromatic carbocycles. The van der Waals surface area contributed by atoms with E-state index in [4.69, 9.17) is 9.47 Å². The molecule has 0 bridgehead atoms. The van der Waals surface area contributed by atoms with Crippen molar-refractivity contribution < 1.29 is 14.3 Å². The molecule has 0 unspecified atom stereocenters. The molecule has 5 nitrogen and oxygen atoms in total. The average molecular weight is 278 g/mol. The second kappa shape index (κ2) is 7.03. The van der Waals surface area contributed by atoms with Crippen LogP contribution in [0.1, 0.15) is 19.4 Å². The van der Waals surface area contributed by atoms with E-state index in [1.54, 1.807) is 0 Å². The molecule has 0 radical (unpaired) electrons. The fourth-order valence-electron chi connectivity index (χ4n) is 1.92. The van der Waals surface area contributed by atoms with E-state index in [1.807, 2.05) is 18.2 Å². The number of benzene rings is 1. The van der Waals surface area contributed by atoms with Gasteiger partial charge in [-0.25, -0.2) is 4.79 Å². The molecule has 2 N–H and O–H groups in total. The summed E-state index contributed by atoms with van der Waals surface area (Å²) >= 11 is 0. The SMILES string of the molecule is CC(C)CNC(=O)NCCc1ccc2c(c1)OCCO2. The zero-order valence-corrected chi connectivity index (χ0v) is 12.1. The van der Waals surface area contributed by atoms with Crippen LogP contribution in [0.3, 0.4) is 0 Å². The molecule has 0 saturated carbocycles. The molecule has 0 saturated heterocycles. The molecule has 0 atom stereocenters. The monoisotopic (exact) mass is 278 g/mol. The average Bonchev–Trinajstić information content (AvgIpc) is 2.45. The zero-order chi connectivity index (χ0) is 14.4. The van der Waals surface area contributed by atoms with Gasteiger partial charge in [0.1, 0.15) is 13.2 Å². The summed E-state index contributed by atoms with van der Waals surface area (Å²) in [6.07, 6.45) is 0.770. The number of ether oxygens (including phenoxy) is 2. The van der Waals surface area contributed by atoms with E-state index in [1.165, 1.54) is 0 Å². The molecule has 110 valence electrons. The first-order valence-corrected chi connectivity index (χ1v) is 7.05. The first kappa shape index (κ1) is 14.5. The first-order valence-electron chi connectivity index (χ1n) is 7.05. The van der Waals surface area contributed by atoms with Crippen LogP contribution in [0.25, 0.3) is 0 Å². The predicted molar refractivity (Wildman–Crippen MR) is 77.4 cm³/mol. The van der Waals surface area contributed by atoms with Crippen molar-refractivity contribution in [3.63, 3.8) is 0 Å². The summed E-state index contributed by atoms with van der Waals surface area (Å²) in [6.45, 7) is 6.61. The van der Waals surface area contributed by atoms with E-state index in [-0.39, 0.29) is 6.03 Å². The van der Waals surface area contributed by atoms with Crippen molar-refractivity contribution in [2.75, 3.05) is 26.3 Å². The van der Waals surface area contributed by atoms with E-state index in [2.05, 4.69) is 24.5 Å². The molecule has 0 aromatic heterocycles. The van der Waals surface area contributed by atoms with Crippen molar-refractivity contribution in [3.05, 3.63) is 23.8 Å². The van der Waals surface area contributed by atoms with Crippen molar-refractivity contribution >= 4 is 6.03 Å². The van der Waals surface area contributed by atoms with E-state index < -0.39 is 0 Å². The third kappa shape index (κ3) is 4.33. The molecule has 1 aliphatic rings. The normalized spacial score (nSPS) is 13.2. The summed E-state index contributed by atoms with van der Waals surface area (Å²) in [6, 6.07) is 5.78. The van der Waals surface area contributed by atoms with Crippen molar-refractivity contribution in [1.29, 1.82) is 0 Å². The smallest absolute Gasteiger partial charge is 0.314 e. The quantitative estimate of drug-likeness (QED) is 0.865. The Balaban J connectivity index is 1.75. The lowest BCUT2D eigenvalue weighted by Gasteiger charge is -2.18. The molecule has 2 amide bonds. The van der Waals surface area contributed by atoms with Gasteiger partial charge in [-0.1, -0.05) is 19.9 Å². The highest BCUT2D eigenvalue weighted by Gasteiger charge is 2.11. The van der Waals surface area contributed by atoms with Crippen LogP contribution in [-0.4, -0.2) is 32.3 Å². The fourth-order valence-corrected chi connectivity index (χ4v) is 1.92. The summed E-state index contributed by atoms with van der Waals surface area (Å²) < 4.78 is 11.0. The lowest BCUT2D eigenvalue weighted by atomic mass is 10.1. The minimum Gasteiger partial charge on any atom is -0.486 e. The van der Waals surface area contributed by atoms with Gasteiger partial charge in [0.25, 0.3) is 0 Å². The lowest BCUT2D eigenvalue weighted by molar-refractivity contribution is 0.171. The standard InChI is InChI=1S/C15H22N2O3/c1-11(2)10-17-15(18)16-6-5-12-3-4-13-14(9-12)20-8-7-19-13/h3-4,9,11H,5-8,10H2,1-2H3,(H2,16,17,18). The van der Waals surface area contributed by atoms with Crippen LogP contribution in [0.4, 0.5) is 4.79 Å². The zero-order valence-electron chi connectivity index (χ0n) is 12.1. The van der Waals surface area contributed by atoms with E-state index >= 15 is 0 Å². The van der Waals surface area contributed by atoms with Crippen LogP contribution >= 0.6 is 0 Å². The molecule has 0 spiro atoms. The van der Waals surface area contributed by atoms with Gasteiger partial charge in [0, 0.05) is 13.1 Å². The third-order valence-electron chi connectivity index (χ3n) is 2.98. The Morgan fingerprint density at radius 1 is 1.20 bits per heavy atom. The molecule has 0 aliphatic carbocycles. The summed E-state index contributed by atoms with van der Waals surface area (Å²) in [5.74, 6) is 2.04. The van der Waals surface area contributed by atoms with Crippen LogP contribution in [0.2, 0.25) is 0 Å². The largest absolute Gasteiger partial charge is 0.486 e. The number of amides is 2. The molecule has 20 heavy (non-hydrogen) atoms. The van der Waals surface area contributed by atoms with E-state index in [0.29, 0.717) is 32.2 Å². The fraction of sp³-hybridized carbons (Fsp3) is 0.533. The van der Waals surface area contributed by atoms with Crippen LogP contribution in [0.15, 0.2) is 18.2 Å². The number of fused-ring (bicyclic) bond motifs is 1. The van der Waals surface area contributed by atoms with Crippen molar-refractivity contribution in [2.45, 2.75) is 20.3 Å². The summed E-state index contributed by atoms with van der Waals surface area (Å²) in [7, 11) is 0. The maximum absolute atomic E-state index is 11.5. The Kier molecular flexibility index (Phi) is 5.09. The maximum atomic E-state index is 11.5. The van der Waals surface area contributed by atoms with Gasteiger partial charge in [0.05, 0.1) is 0 Å². The van der Waals surface area contributed by atoms with Crippen molar-refractivity contribution in [1.82, 2.24) is 10.6 Å². The summed E-state index contributed by atoms with van der Waals surface area (Å²) in [4.78, 5) is 11.5. The Bertz CT molecular complexity index is 460. The van der Waals surface area contributed by atoms with Gasteiger partial charge in [-0.05, 0) is 30.0 Å². The topological polar surface area (TPSA) is 59.6 Å². The predicted octanol–water partition coefficient (Wildman–Crippen LogP) is 1.96. The van der Waals surface area contributed by atoms with Crippen molar-refractivity contribution in [2.24, 2.45) is 5.92 Å². The number of carbonyl (C=O) groups is 1. The van der Waals surface area contributed by atoms with E-state index in [9.17, 15) is 4.79 Å². The van der Waals surface area contributed by atoms with Gasteiger partial charge in [-0.15, -0.1) is 0 Å². The second-order valence-corrected chi connectivity index (χ2v) is 5.26. The molecule has 1 aromatic rings. The molecule has 1 aliphatic heterocycles. The van der Waals surface area contributed by atoms with Crippen LogP contribution in [0.5, 0.6) is 11.5 Å². The highest BCUT2D eigenvalue weighted by molar-refractivity contribution is 5.73. The minimum atomic E-state index is -0.115. The maximum Gasteiger partial charge on any atom is 0.314 e. The second-order valence-electron chi connectivity index (χ2n) is 5.26. The van der Waals surface area contributed by atoms with Gasteiger partial charge < -0.3 is 20.1 Å². The summed E-state index contributed by atoms with van der Waals surface area (Å²) in [5, 5.41) is 5.67. The highest BCUT2D eigenvalue weighted by Crippen LogP contribution is 2.30. The summed E-state index contributed by atoms with van der Waals surface area (Å²) in [5.41, 5.74) is 1.12. The molecule has 5 heteroatoms. The Morgan fingerprint density at radius 3 is 2.70 bits per heavy atom. The Hall–Kier alpha value is -1.91. The van der Waals surface area contributed by atoms with E-state index in [0.717, 1.165) is 23.5 Å². The third-order valence-corrected chi connectivity index (χ3v) is 2.98. The molecular weight excluding hydrogens is 256 g/mol. The van der Waals surface area contributed by atoms with Crippen LogP contribution in [0, 0.1) is 5.92 Å².